The van der Waals surface area contributed by atoms with Gasteiger partial charge in [-0.1, -0.05) is 36.4 Å². The van der Waals surface area contributed by atoms with Gasteiger partial charge in [0.1, 0.15) is 11.4 Å². The maximum atomic E-state index is 12.8. The van der Waals surface area contributed by atoms with Crippen LogP contribution in [-0.2, 0) is 22.4 Å². The van der Waals surface area contributed by atoms with Gasteiger partial charge in [-0.25, -0.2) is 4.79 Å². The van der Waals surface area contributed by atoms with Crippen molar-refractivity contribution >= 4 is 12.0 Å². The fraction of sp³-hybridized carbons (Fsp3) is 0.481. The Hall–Kier alpha value is -3.02. The third-order valence-corrected chi connectivity index (χ3v) is 5.28. The third-order valence-electron chi connectivity index (χ3n) is 5.28. The normalized spacial score (nSPS) is 11.2. The van der Waals surface area contributed by atoms with Gasteiger partial charge in [0.05, 0.1) is 13.0 Å². The smallest absolute Gasteiger partial charge is 0.410 e. The molecule has 0 aliphatic heterocycles. The van der Waals surface area contributed by atoms with E-state index in [1.165, 1.54) is 16.7 Å². The summed E-state index contributed by atoms with van der Waals surface area (Å²) in [5.74, 6) is 0.251. The number of primary amides is 1. The van der Waals surface area contributed by atoms with Crippen molar-refractivity contribution in [3.05, 3.63) is 64.7 Å². The number of amides is 2. The van der Waals surface area contributed by atoms with Crippen molar-refractivity contribution in [2.75, 3.05) is 19.7 Å². The molecule has 0 saturated carbocycles. The Morgan fingerprint density at radius 3 is 2.33 bits per heavy atom. The van der Waals surface area contributed by atoms with Crippen molar-refractivity contribution in [1.82, 2.24) is 4.90 Å². The van der Waals surface area contributed by atoms with E-state index in [2.05, 4.69) is 32.0 Å². The first-order valence-electron chi connectivity index (χ1n) is 11.6. The predicted octanol–water partition coefficient (Wildman–Crippen LogP) is 4.97. The first kappa shape index (κ1) is 26.2. The molecule has 6 nitrogen and oxygen atoms in total. The molecule has 0 unspecified atom stereocenters. The van der Waals surface area contributed by atoms with Crippen LogP contribution in [0.5, 0.6) is 5.75 Å². The Labute approximate surface area is 198 Å². The van der Waals surface area contributed by atoms with E-state index in [1.807, 2.05) is 45.0 Å². The zero-order chi connectivity index (χ0) is 24.4. The SMILES string of the molecule is Cc1ccc(CCCN(CCCOc2ccccc2CC(N)=O)C(=O)OC(C)(C)C)cc1C. The minimum Gasteiger partial charge on any atom is -0.493 e. The van der Waals surface area contributed by atoms with Crippen LogP contribution in [0.15, 0.2) is 42.5 Å². The van der Waals surface area contributed by atoms with E-state index < -0.39 is 11.5 Å². The molecule has 2 aromatic rings. The highest BCUT2D eigenvalue weighted by Gasteiger charge is 2.21. The Kier molecular flexibility index (Phi) is 9.76. The number of nitrogens with zero attached hydrogens (tertiary/aromatic N) is 1. The Balaban J connectivity index is 1.91. The summed E-state index contributed by atoms with van der Waals surface area (Å²) in [6, 6.07) is 13.9. The zero-order valence-corrected chi connectivity index (χ0v) is 20.6. The summed E-state index contributed by atoms with van der Waals surface area (Å²) in [6.07, 6.45) is 2.23. The summed E-state index contributed by atoms with van der Waals surface area (Å²) >= 11 is 0. The monoisotopic (exact) mass is 454 g/mol. The Bertz CT molecular complexity index is 934. The molecule has 2 amide bonds. The van der Waals surface area contributed by atoms with Gasteiger partial charge in [-0.15, -0.1) is 0 Å². The van der Waals surface area contributed by atoms with E-state index in [0.29, 0.717) is 31.9 Å². The highest BCUT2D eigenvalue weighted by atomic mass is 16.6. The van der Waals surface area contributed by atoms with Crippen LogP contribution in [0.1, 0.15) is 55.9 Å². The Morgan fingerprint density at radius 1 is 0.970 bits per heavy atom. The molecule has 2 rings (SSSR count). The van der Waals surface area contributed by atoms with Gasteiger partial charge in [0, 0.05) is 18.7 Å². The average Bonchev–Trinajstić information content (AvgIpc) is 2.71. The van der Waals surface area contributed by atoms with Crippen LogP contribution in [0.25, 0.3) is 0 Å². The standard InChI is InChI=1S/C27H38N2O4/c1-20-13-14-22(18-21(20)2)10-8-15-29(26(31)33-27(3,4)5)16-9-17-32-24-12-7-6-11-23(24)19-25(28)30/h6-7,11-14,18H,8-10,15-17,19H2,1-5H3,(H2,28,30). The van der Waals surface area contributed by atoms with Crippen LogP contribution in [0.3, 0.4) is 0 Å². The van der Waals surface area contributed by atoms with E-state index in [0.717, 1.165) is 18.4 Å². The number of rotatable bonds is 11. The van der Waals surface area contributed by atoms with Gasteiger partial charge in [-0.2, -0.15) is 0 Å². The molecule has 0 radical (unpaired) electrons. The minimum atomic E-state index is -0.548. The second kappa shape index (κ2) is 12.3. The molecule has 0 heterocycles. The molecule has 0 saturated heterocycles. The molecule has 0 aliphatic rings. The minimum absolute atomic E-state index is 0.138. The number of carbonyl (C=O) groups excluding carboxylic acids is 2. The molecular weight excluding hydrogens is 416 g/mol. The number of para-hydroxylation sites is 1. The van der Waals surface area contributed by atoms with Gasteiger partial charge in [0.2, 0.25) is 5.91 Å². The highest BCUT2D eigenvalue weighted by molar-refractivity contribution is 5.77. The van der Waals surface area contributed by atoms with Crippen molar-refractivity contribution < 1.29 is 19.1 Å². The number of nitrogens with two attached hydrogens (primary N) is 1. The van der Waals surface area contributed by atoms with Crippen molar-refractivity contribution in [1.29, 1.82) is 0 Å². The van der Waals surface area contributed by atoms with Crippen molar-refractivity contribution in [3.8, 4) is 5.75 Å². The second-order valence-electron chi connectivity index (χ2n) is 9.44. The van der Waals surface area contributed by atoms with E-state index in [1.54, 1.807) is 4.90 Å². The van der Waals surface area contributed by atoms with Crippen LogP contribution in [0.4, 0.5) is 4.79 Å². The van der Waals surface area contributed by atoms with Gasteiger partial charge in [0.25, 0.3) is 0 Å². The molecule has 2 aromatic carbocycles. The second-order valence-corrected chi connectivity index (χ2v) is 9.44. The van der Waals surface area contributed by atoms with Crippen LogP contribution in [-0.4, -0.2) is 42.2 Å². The number of hydrogen-bond donors (Lipinski definition) is 1. The van der Waals surface area contributed by atoms with Crippen molar-refractivity contribution in [2.24, 2.45) is 5.73 Å². The number of aryl methyl sites for hydroxylation is 3. The number of carbonyl (C=O) groups is 2. The van der Waals surface area contributed by atoms with Gasteiger partial charge < -0.3 is 20.1 Å². The molecule has 0 atom stereocenters. The molecule has 2 N–H and O–H groups in total. The number of hydrogen-bond acceptors (Lipinski definition) is 4. The largest absolute Gasteiger partial charge is 0.493 e. The van der Waals surface area contributed by atoms with Crippen LogP contribution in [0.2, 0.25) is 0 Å². The fourth-order valence-corrected chi connectivity index (χ4v) is 3.47. The highest BCUT2D eigenvalue weighted by Crippen LogP contribution is 2.19. The van der Waals surface area contributed by atoms with Gasteiger partial charge in [-0.3, -0.25) is 4.79 Å². The molecule has 0 bridgehead atoms. The van der Waals surface area contributed by atoms with E-state index in [9.17, 15) is 9.59 Å². The first-order chi connectivity index (χ1) is 15.5. The van der Waals surface area contributed by atoms with Gasteiger partial charge in [-0.05, 0) is 76.6 Å². The summed E-state index contributed by atoms with van der Waals surface area (Å²) in [5.41, 5.74) is 9.38. The lowest BCUT2D eigenvalue weighted by molar-refractivity contribution is -0.117. The number of benzene rings is 2. The van der Waals surface area contributed by atoms with E-state index in [4.69, 9.17) is 15.2 Å². The van der Waals surface area contributed by atoms with Crippen LogP contribution >= 0.6 is 0 Å². The summed E-state index contributed by atoms with van der Waals surface area (Å²) in [5, 5.41) is 0. The molecule has 0 aromatic heterocycles. The maximum Gasteiger partial charge on any atom is 0.410 e. The van der Waals surface area contributed by atoms with E-state index in [-0.39, 0.29) is 12.5 Å². The predicted molar refractivity (Wildman–Crippen MR) is 131 cm³/mol. The zero-order valence-electron chi connectivity index (χ0n) is 20.6. The molecule has 0 fully saturated rings. The van der Waals surface area contributed by atoms with Gasteiger partial charge in [0.15, 0.2) is 0 Å². The summed E-state index contributed by atoms with van der Waals surface area (Å²) in [4.78, 5) is 25.8. The molecule has 33 heavy (non-hydrogen) atoms. The summed E-state index contributed by atoms with van der Waals surface area (Å²) in [6.45, 7) is 11.4. The topological polar surface area (TPSA) is 81.9 Å². The molecular formula is C27H38N2O4. The Morgan fingerprint density at radius 2 is 1.67 bits per heavy atom. The lowest BCUT2D eigenvalue weighted by atomic mass is 10.0. The molecule has 6 heteroatoms. The van der Waals surface area contributed by atoms with Crippen LogP contribution < -0.4 is 10.5 Å². The van der Waals surface area contributed by atoms with Crippen LogP contribution in [0, 0.1) is 13.8 Å². The number of ether oxygens (including phenoxy) is 2. The van der Waals surface area contributed by atoms with Crippen molar-refractivity contribution in [3.63, 3.8) is 0 Å². The first-order valence-corrected chi connectivity index (χ1v) is 11.6. The quantitative estimate of drug-likeness (QED) is 0.486. The maximum absolute atomic E-state index is 12.8. The lowest BCUT2D eigenvalue weighted by Gasteiger charge is -2.27. The lowest BCUT2D eigenvalue weighted by Crippen LogP contribution is -2.38. The van der Waals surface area contributed by atoms with Gasteiger partial charge >= 0.3 is 6.09 Å². The molecule has 0 spiro atoms. The third kappa shape index (κ3) is 9.56. The molecule has 0 aliphatic carbocycles. The summed E-state index contributed by atoms with van der Waals surface area (Å²) < 4.78 is 11.5. The molecule has 180 valence electrons. The van der Waals surface area contributed by atoms with E-state index >= 15 is 0 Å². The fourth-order valence-electron chi connectivity index (χ4n) is 3.47. The summed E-state index contributed by atoms with van der Waals surface area (Å²) in [7, 11) is 0. The van der Waals surface area contributed by atoms with Crippen molar-refractivity contribution in [2.45, 2.75) is 65.9 Å². The average molecular weight is 455 g/mol.